The van der Waals surface area contributed by atoms with Gasteiger partial charge < -0.3 is 4.90 Å². The fourth-order valence-electron chi connectivity index (χ4n) is 2.86. The lowest BCUT2D eigenvalue weighted by Gasteiger charge is -2.23. The van der Waals surface area contributed by atoms with Gasteiger partial charge in [-0.15, -0.1) is 0 Å². The highest BCUT2D eigenvalue weighted by Gasteiger charge is 2.44. The normalized spacial score (nSPS) is 24.8. The van der Waals surface area contributed by atoms with E-state index in [9.17, 15) is 4.79 Å². The van der Waals surface area contributed by atoms with Gasteiger partial charge in [0.1, 0.15) is 0 Å². The summed E-state index contributed by atoms with van der Waals surface area (Å²) in [6.07, 6.45) is 3.47. The van der Waals surface area contributed by atoms with Crippen molar-refractivity contribution in [3.05, 3.63) is 35.4 Å². The average Bonchev–Trinajstić information content (AvgIpc) is 3.32. The minimum absolute atomic E-state index is 0.311. The van der Waals surface area contributed by atoms with E-state index < -0.39 is 0 Å². The van der Waals surface area contributed by atoms with Crippen molar-refractivity contribution in [1.29, 1.82) is 0 Å². The van der Waals surface area contributed by atoms with Gasteiger partial charge in [0, 0.05) is 18.5 Å². The summed E-state index contributed by atoms with van der Waals surface area (Å²) in [6, 6.07) is 9.30. The van der Waals surface area contributed by atoms with Crippen LogP contribution in [0.15, 0.2) is 24.3 Å². The largest absolute Gasteiger partial charge is 0.335 e. The highest BCUT2D eigenvalue weighted by molar-refractivity contribution is 5.82. The van der Waals surface area contributed by atoms with Crippen LogP contribution < -0.4 is 0 Å². The number of rotatable bonds is 5. The SMILES string of the molecule is CC(C)c1ccc(CN(C(=O)[C@H]2C[C@@H]2C)C2CC2)cc1. The fourth-order valence-corrected chi connectivity index (χ4v) is 2.86. The zero-order chi connectivity index (χ0) is 14.3. The van der Waals surface area contributed by atoms with Crippen LogP contribution in [-0.4, -0.2) is 16.8 Å². The Morgan fingerprint density at radius 1 is 1.25 bits per heavy atom. The molecule has 2 heteroatoms. The zero-order valence-corrected chi connectivity index (χ0v) is 12.8. The van der Waals surface area contributed by atoms with Crippen LogP contribution in [0.25, 0.3) is 0 Å². The van der Waals surface area contributed by atoms with Crippen LogP contribution in [0.1, 0.15) is 57.1 Å². The van der Waals surface area contributed by atoms with Crippen molar-refractivity contribution in [3.63, 3.8) is 0 Å². The van der Waals surface area contributed by atoms with Gasteiger partial charge in [0.25, 0.3) is 0 Å². The minimum Gasteiger partial charge on any atom is -0.335 e. The Morgan fingerprint density at radius 3 is 2.30 bits per heavy atom. The van der Waals surface area contributed by atoms with E-state index in [2.05, 4.69) is 49.9 Å². The van der Waals surface area contributed by atoms with E-state index in [-0.39, 0.29) is 0 Å². The Morgan fingerprint density at radius 2 is 1.85 bits per heavy atom. The summed E-state index contributed by atoms with van der Waals surface area (Å²) in [6.45, 7) is 7.41. The van der Waals surface area contributed by atoms with Crippen LogP contribution in [0.5, 0.6) is 0 Å². The zero-order valence-electron chi connectivity index (χ0n) is 12.8. The third-order valence-corrected chi connectivity index (χ3v) is 4.70. The fraction of sp³-hybridized carbons (Fsp3) is 0.611. The van der Waals surface area contributed by atoms with Crippen LogP contribution in [0.4, 0.5) is 0 Å². The van der Waals surface area contributed by atoms with Crippen molar-refractivity contribution >= 4 is 5.91 Å². The molecule has 2 aliphatic carbocycles. The molecule has 0 aliphatic heterocycles. The Kier molecular flexibility index (Phi) is 3.57. The minimum atomic E-state index is 0.311. The Balaban J connectivity index is 1.68. The Bertz CT molecular complexity index is 487. The quantitative estimate of drug-likeness (QED) is 0.794. The third-order valence-electron chi connectivity index (χ3n) is 4.70. The number of hydrogen-bond acceptors (Lipinski definition) is 1. The van der Waals surface area contributed by atoms with Crippen molar-refractivity contribution in [2.24, 2.45) is 11.8 Å². The predicted molar refractivity (Wildman–Crippen MR) is 81.4 cm³/mol. The highest BCUT2D eigenvalue weighted by Crippen LogP contribution is 2.42. The number of amides is 1. The second-order valence-corrected chi connectivity index (χ2v) is 6.91. The van der Waals surface area contributed by atoms with Gasteiger partial charge in [-0.2, -0.15) is 0 Å². The molecular weight excluding hydrogens is 246 g/mol. The first-order valence-electron chi connectivity index (χ1n) is 7.95. The van der Waals surface area contributed by atoms with Crippen molar-refractivity contribution in [3.8, 4) is 0 Å². The van der Waals surface area contributed by atoms with Gasteiger partial charge in [-0.25, -0.2) is 0 Å². The monoisotopic (exact) mass is 271 g/mol. The second kappa shape index (κ2) is 5.23. The van der Waals surface area contributed by atoms with Crippen molar-refractivity contribution in [1.82, 2.24) is 4.90 Å². The lowest BCUT2D eigenvalue weighted by molar-refractivity contribution is -0.134. The molecule has 2 atom stereocenters. The first-order chi connectivity index (χ1) is 9.56. The summed E-state index contributed by atoms with van der Waals surface area (Å²) < 4.78 is 0. The molecule has 2 saturated carbocycles. The van der Waals surface area contributed by atoms with Crippen molar-refractivity contribution in [2.75, 3.05) is 0 Å². The van der Waals surface area contributed by atoms with Crippen LogP contribution in [0.2, 0.25) is 0 Å². The van der Waals surface area contributed by atoms with Crippen molar-refractivity contribution in [2.45, 2.75) is 58.5 Å². The second-order valence-electron chi connectivity index (χ2n) is 6.91. The molecule has 108 valence electrons. The van der Waals surface area contributed by atoms with E-state index in [1.165, 1.54) is 24.0 Å². The maximum Gasteiger partial charge on any atom is 0.226 e. The van der Waals surface area contributed by atoms with E-state index in [0.717, 1.165) is 13.0 Å². The molecule has 1 aromatic carbocycles. The maximum atomic E-state index is 12.5. The molecule has 1 amide bonds. The van der Waals surface area contributed by atoms with Crippen LogP contribution in [0.3, 0.4) is 0 Å². The number of hydrogen-bond donors (Lipinski definition) is 0. The topological polar surface area (TPSA) is 20.3 Å². The van der Waals surface area contributed by atoms with Gasteiger partial charge in [-0.05, 0) is 42.2 Å². The average molecular weight is 271 g/mol. The molecule has 0 radical (unpaired) electrons. The predicted octanol–water partition coefficient (Wildman–Crippen LogP) is 3.96. The summed E-state index contributed by atoms with van der Waals surface area (Å²) in [5.41, 5.74) is 2.64. The molecule has 0 saturated heterocycles. The molecule has 2 aliphatic rings. The summed E-state index contributed by atoms with van der Waals surface area (Å²) >= 11 is 0. The number of carbonyl (C=O) groups is 1. The van der Waals surface area contributed by atoms with Gasteiger partial charge in [-0.3, -0.25) is 4.79 Å². The molecule has 3 rings (SSSR count). The maximum absolute atomic E-state index is 12.5. The molecule has 0 spiro atoms. The number of benzene rings is 1. The van der Waals surface area contributed by atoms with E-state index >= 15 is 0 Å². The molecule has 0 heterocycles. The first-order valence-corrected chi connectivity index (χ1v) is 7.95. The smallest absolute Gasteiger partial charge is 0.226 e. The van der Waals surface area contributed by atoms with Crippen molar-refractivity contribution < 1.29 is 4.79 Å². The van der Waals surface area contributed by atoms with Gasteiger partial charge in [0.15, 0.2) is 0 Å². The molecule has 0 N–H and O–H groups in total. The lowest BCUT2D eigenvalue weighted by Crippen LogP contribution is -2.34. The van der Waals surface area contributed by atoms with Gasteiger partial charge in [-0.1, -0.05) is 45.0 Å². The summed E-state index contributed by atoms with van der Waals surface area (Å²) in [5, 5.41) is 0. The third kappa shape index (κ3) is 2.89. The van der Waals surface area contributed by atoms with Crippen LogP contribution in [0, 0.1) is 11.8 Å². The molecular formula is C18H25NO. The molecule has 0 unspecified atom stereocenters. The molecule has 20 heavy (non-hydrogen) atoms. The Labute approximate surface area is 122 Å². The van der Waals surface area contributed by atoms with E-state index in [0.29, 0.717) is 29.7 Å². The lowest BCUT2D eigenvalue weighted by atomic mass is 10.0. The van der Waals surface area contributed by atoms with Gasteiger partial charge >= 0.3 is 0 Å². The van der Waals surface area contributed by atoms with E-state index in [4.69, 9.17) is 0 Å². The van der Waals surface area contributed by atoms with Crippen LogP contribution in [-0.2, 0) is 11.3 Å². The summed E-state index contributed by atoms with van der Waals surface area (Å²) in [7, 11) is 0. The molecule has 0 bridgehead atoms. The summed E-state index contributed by atoms with van der Waals surface area (Å²) in [4.78, 5) is 14.6. The van der Waals surface area contributed by atoms with Gasteiger partial charge in [0.05, 0.1) is 0 Å². The molecule has 2 fully saturated rings. The van der Waals surface area contributed by atoms with E-state index in [1.807, 2.05) is 0 Å². The number of nitrogens with zero attached hydrogens (tertiary/aromatic N) is 1. The molecule has 0 aromatic heterocycles. The Hall–Kier alpha value is -1.31. The van der Waals surface area contributed by atoms with Crippen LogP contribution >= 0.6 is 0 Å². The standard InChI is InChI=1S/C18H25NO/c1-12(2)15-6-4-14(5-7-15)11-19(16-8-9-16)18(20)17-10-13(17)3/h4-7,12-13,16-17H,8-11H2,1-3H3/t13-,17-/m0/s1. The van der Waals surface area contributed by atoms with E-state index in [1.54, 1.807) is 0 Å². The first kappa shape index (κ1) is 13.7. The molecule has 1 aromatic rings. The van der Waals surface area contributed by atoms with Gasteiger partial charge in [0.2, 0.25) is 5.91 Å². The molecule has 2 nitrogen and oxygen atoms in total. The highest BCUT2D eigenvalue weighted by atomic mass is 16.2. The number of carbonyl (C=O) groups excluding carboxylic acids is 1. The summed E-state index contributed by atoms with van der Waals surface area (Å²) in [5.74, 6) is 1.88.